The number of nitrogens with one attached hydrogen (secondary N) is 1. The number of rotatable bonds is 5. The molecule has 0 bridgehead atoms. The van der Waals surface area contributed by atoms with Crippen molar-refractivity contribution in [1.29, 1.82) is 0 Å². The van der Waals surface area contributed by atoms with Gasteiger partial charge in [0.1, 0.15) is 0 Å². The first-order valence-corrected chi connectivity index (χ1v) is 8.19. The first-order valence-electron chi connectivity index (χ1n) is 6.75. The van der Waals surface area contributed by atoms with E-state index in [2.05, 4.69) is 5.32 Å². The Balaban J connectivity index is 2.44. The third-order valence-electron chi connectivity index (χ3n) is 3.38. The van der Waals surface area contributed by atoms with Gasteiger partial charge in [0.2, 0.25) is 0 Å². The molecule has 0 aliphatic rings. The Kier molecular flexibility index (Phi) is 4.65. The fourth-order valence-electron chi connectivity index (χ4n) is 2.13. The number of aryl methyl sites for hydroxylation is 1. The van der Waals surface area contributed by atoms with Crippen LogP contribution >= 0.6 is 0 Å². The second-order valence-electron chi connectivity index (χ2n) is 4.95. The largest absolute Gasteiger partial charge is 0.316 e. The van der Waals surface area contributed by atoms with E-state index in [0.29, 0.717) is 17.1 Å². The third-order valence-corrected chi connectivity index (χ3v) is 5.26. The molecule has 2 aromatic carbocycles. The minimum Gasteiger partial charge on any atom is -0.316 e. The van der Waals surface area contributed by atoms with E-state index in [9.17, 15) is 8.42 Å². The highest BCUT2D eigenvalue weighted by Gasteiger charge is 2.23. The van der Waals surface area contributed by atoms with Crippen LogP contribution in [0.3, 0.4) is 0 Å². The molecule has 5 heteroatoms. The van der Waals surface area contributed by atoms with Gasteiger partial charge < -0.3 is 5.32 Å². The van der Waals surface area contributed by atoms with E-state index < -0.39 is 10.0 Å². The van der Waals surface area contributed by atoms with Crippen LogP contribution in [0.5, 0.6) is 0 Å². The summed E-state index contributed by atoms with van der Waals surface area (Å²) in [6.45, 7) is 2.48. The summed E-state index contributed by atoms with van der Waals surface area (Å²) in [6.07, 6.45) is 0. The van der Waals surface area contributed by atoms with E-state index in [-0.39, 0.29) is 0 Å². The summed E-state index contributed by atoms with van der Waals surface area (Å²) in [5.41, 5.74) is 2.51. The SMILES string of the molecule is CNCc1ccccc1S(=O)(=O)N(C)c1ccc(C)cc1. The molecule has 0 amide bonds. The molecule has 0 radical (unpaired) electrons. The fourth-order valence-corrected chi connectivity index (χ4v) is 3.55. The lowest BCUT2D eigenvalue weighted by Gasteiger charge is -2.21. The summed E-state index contributed by atoms with van der Waals surface area (Å²) >= 11 is 0. The van der Waals surface area contributed by atoms with Crippen LogP contribution in [0.25, 0.3) is 0 Å². The van der Waals surface area contributed by atoms with E-state index in [4.69, 9.17) is 0 Å². The van der Waals surface area contributed by atoms with Crippen LogP contribution in [-0.2, 0) is 16.6 Å². The van der Waals surface area contributed by atoms with Gasteiger partial charge in [-0.05, 0) is 37.7 Å². The summed E-state index contributed by atoms with van der Waals surface area (Å²) in [6, 6.07) is 14.5. The van der Waals surface area contributed by atoms with E-state index in [1.54, 1.807) is 26.2 Å². The fraction of sp³-hybridized carbons (Fsp3) is 0.250. The molecule has 0 aromatic heterocycles. The predicted molar refractivity (Wildman–Crippen MR) is 86.0 cm³/mol. The van der Waals surface area contributed by atoms with Crippen molar-refractivity contribution in [3.05, 3.63) is 59.7 Å². The van der Waals surface area contributed by atoms with Crippen molar-refractivity contribution in [3.8, 4) is 0 Å². The van der Waals surface area contributed by atoms with Crippen LogP contribution in [0.2, 0.25) is 0 Å². The zero-order chi connectivity index (χ0) is 15.5. The van der Waals surface area contributed by atoms with Gasteiger partial charge in [-0.2, -0.15) is 0 Å². The van der Waals surface area contributed by atoms with E-state index in [1.807, 2.05) is 43.3 Å². The smallest absolute Gasteiger partial charge is 0.264 e. The molecular formula is C16H20N2O2S. The normalized spacial score (nSPS) is 11.4. The highest BCUT2D eigenvalue weighted by molar-refractivity contribution is 7.92. The topological polar surface area (TPSA) is 49.4 Å². The van der Waals surface area contributed by atoms with Gasteiger partial charge in [0, 0.05) is 13.6 Å². The molecule has 0 unspecified atom stereocenters. The maximum atomic E-state index is 12.8. The molecule has 0 aliphatic carbocycles. The maximum absolute atomic E-state index is 12.8. The average Bonchev–Trinajstić information content (AvgIpc) is 2.48. The summed E-state index contributed by atoms with van der Waals surface area (Å²) in [4.78, 5) is 0.336. The highest BCUT2D eigenvalue weighted by Crippen LogP contribution is 2.24. The highest BCUT2D eigenvalue weighted by atomic mass is 32.2. The lowest BCUT2D eigenvalue weighted by Crippen LogP contribution is -2.28. The Hall–Kier alpha value is -1.85. The van der Waals surface area contributed by atoms with Gasteiger partial charge in [-0.15, -0.1) is 0 Å². The van der Waals surface area contributed by atoms with Gasteiger partial charge >= 0.3 is 0 Å². The Labute approximate surface area is 126 Å². The Morgan fingerprint density at radius 3 is 2.29 bits per heavy atom. The second kappa shape index (κ2) is 6.28. The Morgan fingerprint density at radius 1 is 1.05 bits per heavy atom. The third kappa shape index (κ3) is 3.25. The lowest BCUT2D eigenvalue weighted by atomic mass is 10.2. The molecule has 21 heavy (non-hydrogen) atoms. The quantitative estimate of drug-likeness (QED) is 0.923. The van der Waals surface area contributed by atoms with Crippen LogP contribution in [0, 0.1) is 6.92 Å². The number of benzene rings is 2. The van der Waals surface area contributed by atoms with Crippen molar-refractivity contribution in [2.24, 2.45) is 0 Å². The number of sulfonamides is 1. The van der Waals surface area contributed by atoms with Crippen LogP contribution in [0.15, 0.2) is 53.4 Å². The van der Waals surface area contributed by atoms with Gasteiger partial charge in [-0.25, -0.2) is 8.42 Å². The molecule has 0 heterocycles. The standard InChI is InChI=1S/C16H20N2O2S/c1-13-8-10-15(11-9-13)18(3)21(19,20)16-7-5-4-6-14(16)12-17-2/h4-11,17H,12H2,1-3H3. The van der Waals surface area contributed by atoms with Crippen molar-refractivity contribution in [2.75, 3.05) is 18.4 Å². The molecule has 0 fully saturated rings. The van der Waals surface area contributed by atoms with Gasteiger partial charge in [0.15, 0.2) is 0 Å². The molecule has 0 spiro atoms. The molecule has 2 aromatic rings. The van der Waals surface area contributed by atoms with Crippen LogP contribution in [0.4, 0.5) is 5.69 Å². The number of nitrogens with zero attached hydrogens (tertiary/aromatic N) is 1. The monoisotopic (exact) mass is 304 g/mol. The summed E-state index contributed by atoms with van der Waals surface area (Å²) < 4.78 is 26.9. The van der Waals surface area contributed by atoms with E-state index in [0.717, 1.165) is 11.1 Å². The molecule has 0 saturated carbocycles. The average molecular weight is 304 g/mol. The molecule has 0 atom stereocenters. The van der Waals surface area contributed by atoms with Gasteiger partial charge in [0.05, 0.1) is 10.6 Å². The number of hydrogen-bond donors (Lipinski definition) is 1. The molecule has 2 rings (SSSR count). The molecule has 112 valence electrons. The van der Waals surface area contributed by atoms with Crippen molar-refractivity contribution in [2.45, 2.75) is 18.4 Å². The lowest BCUT2D eigenvalue weighted by molar-refractivity contribution is 0.592. The van der Waals surface area contributed by atoms with E-state index in [1.165, 1.54) is 4.31 Å². The molecule has 0 aliphatic heterocycles. The van der Waals surface area contributed by atoms with Crippen LogP contribution < -0.4 is 9.62 Å². The predicted octanol–water partition coefficient (Wildman–Crippen LogP) is 2.54. The first-order chi connectivity index (χ1) is 9.96. The minimum absolute atomic E-state index is 0.336. The number of anilines is 1. The Bertz CT molecular complexity index is 709. The van der Waals surface area contributed by atoms with Crippen molar-refractivity contribution >= 4 is 15.7 Å². The summed E-state index contributed by atoms with van der Waals surface area (Å²) in [5, 5.41) is 3.00. The summed E-state index contributed by atoms with van der Waals surface area (Å²) in [7, 11) is -0.186. The number of hydrogen-bond acceptors (Lipinski definition) is 3. The van der Waals surface area contributed by atoms with Gasteiger partial charge in [0.25, 0.3) is 10.0 Å². The molecule has 1 N–H and O–H groups in total. The molecular weight excluding hydrogens is 284 g/mol. The zero-order valence-electron chi connectivity index (χ0n) is 12.5. The van der Waals surface area contributed by atoms with Crippen LogP contribution in [-0.4, -0.2) is 22.5 Å². The van der Waals surface area contributed by atoms with E-state index >= 15 is 0 Å². The minimum atomic E-state index is -3.56. The maximum Gasteiger partial charge on any atom is 0.264 e. The summed E-state index contributed by atoms with van der Waals surface area (Å²) in [5.74, 6) is 0. The Morgan fingerprint density at radius 2 is 1.67 bits per heavy atom. The van der Waals surface area contributed by atoms with Crippen molar-refractivity contribution in [3.63, 3.8) is 0 Å². The second-order valence-corrected chi connectivity index (χ2v) is 6.88. The van der Waals surface area contributed by atoms with Crippen LogP contribution in [0.1, 0.15) is 11.1 Å². The molecule has 4 nitrogen and oxygen atoms in total. The van der Waals surface area contributed by atoms with Crippen molar-refractivity contribution in [1.82, 2.24) is 5.32 Å². The molecule has 0 saturated heterocycles. The van der Waals surface area contributed by atoms with Crippen molar-refractivity contribution < 1.29 is 8.42 Å². The van der Waals surface area contributed by atoms with Gasteiger partial charge in [-0.3, -0.25) is 4.31 Å². The van der Waals surface area contributed by atoms with Gasteiger partial charge in [-0.1, -0.05) is 35.9 Å². The zero-order valence-corrected chi connectivity index (χ0v) is 13.3. The first kappa shape index (κ1) is 15.5.